The van der Waals surface area contributed by atoms with Crippen LogP contribution in [0.2, 0.25) is 0 Å². The van der Waals surface area contributed by atoms with Gasteiger partial charge in [0.15, 0.2) is 0 Å². The molecule has 2 atom stereocenters. The van der Waals surface area contributed by atoms with Crippen molar-refractivity contribution in [2.24, 2.45) is 0 Å². The monoisotopic (exact) mass is 400 g/mol. The van der Waals surface area contributed by atoms with Crippen LogP contribution in [-0.4, -0.2) is 48.6 Å². The first-order valence-electron chi connectivity index (χ1n) is 9.69. The number of urea groups is 1. The molecule has 0 radical (unpaired) electrons. The Morgan fingerprint density at radius 3 is 2.61 bits per heavy atom. The molecule has 1 saturated heterocycles. The molecule has 0 spiro atoms. The van der Waals surface area contributed by atoms with E-state index in [9.17, 15) is 4.79 Å². The summed E-state index contributed by atoms with van der Waals surface area (Å²) in [5.41, 5.74) is 0.689. The molecule has 0 bridgehead atoms. The fourth-order valence-electron chi connectivity index (χ4n) is 3.17. The number of hydrogen-bond donors (Lipinski definition) is 2. The topological polar surface area (TPSA) is 66.5 Å². The number of benzene rings is 1. The zero-order chi connectivity index (χ0) is 19.8. The van der Waals surface area contributed by atoms with Gasteiger partial charge in [-0.25, -0.2) is 9.78 Å². The van der Waals surface area contributed by atoms with Crippen LogP contribution >= 0.6 is 11.8 Å². The van der Waals surface area contributed by atoms with Gasteiger partial charge in [-0.2, -0.15) is 0 Å². The van der Waals surface area contributed by atoms with Crippen molar-refractivity contribution < 1.29 is 9.53 Å². The van der Waals surface area contributed by atoms with Gasteiger partial charge in [-0.3, -0.25) is 0 Å². The minimum absolute atomic E-state index is 0.189. The number of pyridine rings is 1. The van der Waals surface area contributed by atoms with Crippen molar-refractivity contribution in [1.82, 2.24) is 10.3 Å². The highest BCUT2D eigenvalue weighted by atomic mass is 32.2. The van der Waals surface area contributed by atoms with Crippen LogP contribution < -0.4 is 15.5 Å². The zero-order valence-electron chi connectivity index (χ0n) is 16.4. The third-order valence-electron chi connectivity index (χ3n) is 4.37. The summed E-state index contributed by atoms with van der Waals surface area (Å²) < 4.78 is 5.76. The number of carbonyl (C=O) groups is 1. The molecule has 1 aromatic carbocycles. The number of hydrogen-bond acceptors (Lipinski definition) is 5. The Balaban J connectivity index is 1.37. The Labute approximate surface area is 171 Å². The highest BCUT2D eigenvalue weighted by molar-refractivity contribution is 7.99. The summed E-state index contributed by atoms with van der Waals surface area (Å²) in [7, 11) is 0. The van der Waals surface area contributed by atoms with Gasteiger partial charge < -0.3 is 20.3 Å². The molecule has 2 heterocycles. The maximum Gasteiger partial charge on any atom is 0.319 e. The lowest BCUT2D eigenvalue weighted by atomic mass is 10.2. The summed E-state index contributed by atoms with van der Waals surface area (Å²) in [4.78, 5) is 20.0. The Hall–Kier alpha value is -2.25. The number of aromatic nitrogens is 1. The van der Waals surface area contributed by atoms with Crippen LogP contribution in [-0.2, 0) is 4.74 Å². The molecule has 150 valence electrons. The lowest BCUT2D eigenvalue weighted by Crippen LogP contribution is -2.45. The van der Waals surface area contributed by atoms with Gasteiger partial charge in [-0.15, -0.1) is 11.8 Å². The fraction of sp³-hybridized carbons (Fsp3) is 0.429. The van der Waals surface area contributed by atoms with Gasteiger partial charge >= 0.3 is 6.03 Å². The average molecular weight is 401 g/mol. The second-order valence-corrected chi connectivity index (χ2v) is 8.13. The number of rotatable bonds is 7. The number of amides is 2. The van der Waals surface area contributed by atoms with Gasteiger partial charge in [-0.05, 0) is 50.3 Å². The standard InChI is InChI=1S/C21H28N4O2S/c1-16-14-25(15-17(2)27-16)20-10-9-18(13-23-20)24-21(26)22-11-6-12-28-19-7-4-3-5-8-19/h3-5,7-10,13,16-17H,6,11-12,14-15H2,1-2H3,(H2,22,24,26)/t16-,17+. The van der Waals surface area contributed by atoms with Crippen LogP contribution in [0, 0.1) is 0 Å². The van der Waals surface area contributed by atoms with Crippen LogP contribution in [0.4, 0.5) is 16.3 Å². The molecule has 3 rings (SSSR count). The van der Waals surface area contributed by atoms with Crippen LogP contribution in [0.15, 0.2) is 53.6 Å². The van der Waals surface area contributed by atoms with Crippen LogP contribution in [0.3, 0.4) is 0 Å². The van der Waals surface area contributed by atoms with E-state index in [0.717, 1.165) is 31.1 Å². The first-order chi connectivity index (χ1) is 13.6. The first-order valence-corrected chi connectivity index (χ1v) is 10.7. The van der Waals surface area contributed by atoms with Crippen LogP contribution in [0.25, 0.3) is 0 Å². The summed E-state index contributed by atoms with van der Waals surface area (Å²) >= 11 is 1.80. The normalized spacial score (nSPS) is 19.3. The highest BCUT2D eigenvalue weighted by Gasteiger charge is 2.23. The van der Waals surface area contributed by atoms with Gasteiger partial charge in [0.25, 0.3) is 0 Å². The van der Waals surface area contributed by atoms with Crippen molar-refractivity contribution in [2.45, 2.75) is 37.4 Å². The third kappa shape index (κ3) is 6.42. The third-order valence-corrected chi connectivity index (χ3v) is 5.47. The molecule has 28 heavy (non-hydrogen) atoms. The number of carbonyl (C=O) groups excluding carboxylic acids is 1. The first kappa shape index (κ1) is 20.5. The van der Waals surface area contributed by atoms with Crippen LogP contribution in [0.1, 0.15) is 20.3 Å². The summed E-state index contributed by atoms with van der Waals surface area (Å²) in [5.74, 6) is 1.88. The molecule has 1 aliphatic rings. The number of nitrogens with zero attached hydrogens (tertiary/aromatic N) is 2. The Morgan fingerprint density at radius 1 is 1.18 bits per heavy atom. The quantitative estimate of drug-likeness (QED) is 0.543. The van der Waals surface area contributed by atoms with E-state index >= 15 is 0 Å². The molecule has 0 aliphatic carbocycles. The molecule has 6 nitrogen and oxygen atoms in total. The van der Waals surface area contributed by atoms with Crippen molar-refractivity contribution in [2.75, 3.05) is 35.6 Å². The summed E-state index contributed by atoms with van der Waals surface area (Å²) in [6.45, 7) is 6.43. The molecule has 2 N–H and O–H groups in total. The van der Waals surface area contributed by atoms with E-state index in [4.69, 9.17) is 4.74 Å². The van der Waals surface area contributed by atoms with Gasteiger partial charge in [0.2, 0.25) is 0 Å². The Morgan fingerprint density at radius 2 is 1.93 bits per heavy atom. The number of anilines is 2. The molecular formula is C21H28N4O2S. The molecule has 1 fully saturated rings. The predicted octanol–water partition coefficient (Wildman–Crippen LogP) is 4.00. The molecule has 1 aromatic heterocycles. The number of ether oxygens (including phenoxy) is 1. The summed E-state index contributed by atoms with van der Waals surface area (Å²) in [6, 6.07) is 13.9. The summed E-state index contributed by atoms with van der Waals surface area (Å²) in [6.07, 6.45) is 2.99. The van der Waals surface area contributed by atoms with Crippen molar-refractivity contribution >= 4 is 29.3 Å². The second kappa shape index (κ2) is 10.3. The smallest absolute Gasteiger partial charge is 0.319 e. The molecule has 7 heteroatoms. The predicted molar refractivity (Wildman–Crippen MR) is 115 cm³/mol. The highest BCUT2D eigenvalue weighted by Crippen LogP contribution is 2.20. The molecular weight excluding hydrogens is 372 g/mol. The average Bonchev–Trinajstić information content (AvgIpc) is 2.68. The molecule has 1 aliphatic heterocycles. The minimum Gasteiger partial charge on any atom is -0.372 e. The van der Waals surface area contributed by atoms with Crippen molar-refractivity contribution in [1.29, 1.82) is 0 Å². The maximum atomic E-state index is 12.0. The van der Waals surface area contributed by atoms with Crippen molar-refractivity contribution in [3.05, 3.63) is 48.7 Å². The van der Waals surface area contributed by atoms with Crippen molar-refractivity contribution in [3.8, 4) is 0 Å². The molecule has 0 saturated carbocycles. The summed E-state index contributed by atoms with van der Waals surface area (Å²) in [5, 5.41) is 5.72. The maximum absolute atomic E-state index is 12.0. The SMILES string of the molecule is C[C@@H]1CN(c2ccc(NC(=O)NCCCSc3ccccc3)cn2)C[C@H](C)O1. The fourth-order valence-corrected chi connectivity index (χ4v) is 4.04. The number of nitrogens with one attached hydrogen (secondary N) is 2. The van der Waals surface area contributed by atoms with Crippen molar-refractivity contribution in [3.63, 3.8) is 0 Å². The van der Waals surface area contributed by atoms with E-state index in [1.807, 2.05) is 30.3 Å². The van der Waals surface area contributed by atoms with Gasteiger partial charge in [-0.1, -0.05) is 18.2 Å². The zero-order valence-corrected chi connectivity index (χ0v) is 17.2. The van der Waals surface area contributed by atoms with E-state index in [1.165, 1.54) is 4.90 Å². The molecule has 0 unspecified atom stereocenters. The van der Waals surface area contributed by atoms with E-state index in [2.05, 4.69) is 46.5 Å². The molecule has 2 amide bonds. The van der Waals surface area contributed by atoms with Gasteiger partial charge in [0.1, 0.15) is 5.82 Å². The van der Waals surface area contributed by atoms with E-state index in [1.54, 1.807) is 18.0 Å². The number of thioether (sulfide) groups is 1. The second-order valence-electron chi connectivity index (χ2n) is 6.96. The largest absolute Gasteiger partial charge is 0.372 e. The van der Waals surface area contributed by atoms with Gasteiger partial charge in [0, 0.05) is 24.5 Å². The minimum atomic E-state index is -0.201. The Bertz CT molecular complexity index is 732. The van der Waals surface area contributed by atoms with E-state index < -0.39 is 0 Å². The Kier molecular flexibility index (Phi) is 7.56. The lowest BCUT2D eigenvalue weighted by molar-refractivity contribution is -0.00545. The van der Waals surface area contributed by atoms with Crippen LogP contribution in [0.5, 0.6) is 0 Å². The molecule has 2 aromatic rings. The van der Waals surface area contributed by atoms with E-state index in [0.29, 0.717) is 12.2 Å². The lowest BCUT2D eigenvalue weighted by Gasteiger charge is -2.36. The number of morpholine rings is 1. The van der Waals surface area contributed by atoms with Gasteiger partial charge in [0.05, 0.1) is 24.1 Å². The van der Waals surface area contributed by atoms with E-state index in [-0.39, 0.29) is 18.2 Å².